The number of likely N-dealkylation sites (tertiary alicyclic amines) is 1. The van der Waals surface area contributed by atoms with E-state index in [4.69, 9.17) is 4.74 Å². The highest BCUT2D eigenvalue weighted by Gasteiger charge is 2.28. The van der Waals surface area contributed by atoms with Gasteiger partial charge in [-0.3, -0.25) is 9.36 Å². The van der Waals surface area contributed by atoms with E-state index >= 15 is 0 Å². The van der Waals surface area contributed by atoms with E-state index in [2.05, 4.69) is 9.97 Å². The molecule has 0 aliphatic carbocycles. The summed E-state index contributed by atoms with van der Waals surface area (Å²) in [5.74, 6) is 0. The molecular weight excluding hydrogens is 360 g/mol. The summed E-state index contributed by atoms with van der Waals surface area (Å²) in [5.41, 5.74) is -0.0265. The topological polar surface area (TPSA) is 77.3 Å². The molecule has 1 aliphatic heterocycles. The molecule has 25 heavy (non-hydrogen) atoms. The van der Waals surface area contributed by atoms with Crippen molar-refractivity contribution in [1.82, 2.24) is 19.4 Å². The summed E-state index contributed by atoms with van der Waals surface area (Å²) in [4.78, 5) is 35.3. The van der Waals surface area contributed by atoms with E-state index in [0.29, 0.717) is 36.3 Å². The van der Waals surface area contributed by atoms with E-state index in [0.717, 1.165) is 4.34 Å². The highest BCUT2D eigenvalue weighted by Crippen LogP contribution is 2.26. The van der Waals surface area contributed by atoms with Crippen molar-refractivity contribution in [3.05, 3.63) is 16.7 Å². The number of hydrogen-bond acceptors (Lipinski definition) is 7. The number of nitrogens with zero attached hydrogens (tertiary/aromatic N) is 4. The van der Waals surface area contributed by atoms with Gasteiger partial charge in [0.1, 0.15) is 16.6 Å². The van der Waals surface area contributed by atoms with Crippen LogP contribution < -0.4 is 5.56 Å². The summed E-state index contributed by atoms with van der Waals surface area (Å²) in [7, 11) is 0. The fraction of sp³-hybridized carbons (Fsp3) is 0.625. The number of thioether (sulfide) groups is 1. The number of ether oxygens (including phenoxy) is 1. The Labute approximate surface area is 154 Å². The zero-order valence-electron chi connectivity index (χ0n) is 14.8. The van der Waals surface area contributed by atoms with Gasteiger partial charge in [-0.2, -0.15) is 0 Å². The van der Waals surface area contributed by atoms with Gasteiger partial charge in [-0.25, -0.2) is 14.8 Å². The van der Waals surface area contributed by atoms with Gasteiger partial charge in [-0.1, -0.05) is 11.8 Å². The molecule has 2 aromatic heterocycles. The Morgan fingerprint density at radius 1 is 1.36 bits per heavy atom. The second kappa shape index (κ2) is 6.95. The number of piperidine rings is 1. The summed E-state index contributed by atoms with van der Waals surface area (Å²) in [6.45, 7) is 6.72. The zero-order valence-corrected chi connectivity index (χ0v) is 16.4. The summed E-state index contributed by atoms with van der Waals surface area (Å²) in [6.07, 6.45) is 4.64. The molecule has 7 nitrogen and oxygen atoms in total. The second-order valence-electron chi connectivity index (χ2n) is 6.99. The van der Waals surface area contributed by atoms with Crippen molar-refractivity contribution >= 4 is 39.5 Å². The lowest BCUT2D eigenvalue weighted by Gasteiger charge is -2.33. The van der Waals surface area contributed by atoms with Crippen LogP contribution in [-0.2, 0) is 4.74 Å². The third kappa shape index (κ3) is 3.98. The normalized spacial score (nSPS) is 16.4. The first-order valence-electron chi connectivity index (χ1n) is 8.18. The molecule has 0 atom stereocenters. The number of aromatic nitrogens is 3. The van der Waals surface area contributed by atoms with Crippen molar-refractivity contribution in [1.29, 1.82) is 0 Å². The first kappa shape index (κ1) is 18.2. The third-order valence-corrected chi connectivity index (χ3v) is 6.02. The Morgan fingerprint density at radius 3 is 2.64 bits per heavy atom. The molecule has 0 radical (unpaired) electrons. The molecule has 2 aromatic rings. The highest BCUT2D eigenvalue weighted by atomic mass is 32.2. The molecule has 0 spiro atoms. The van der Waals surface area contributed by atoms with Crippen LogP contribution in [0.25, 0.3) is 10.3 Å². The minimum Gasteiger partial charge on any atom is -0.444 e. The van der Waals surface area contributed by atoms with Crippen LogP contribution in [0.5, 0.6) is 0 Å². The number of rotatable bonds is 2. The number of carbonyl (C=O) groups is 1. The number of hydrogen-bond donors (Lipinski definition) is 0. The standard InChI is InChI=1S/C16H22N4O3S2/c1-16(2,3)23-15(22)19-7-5-10(6-8-19)20-9-17-12-11(13(20)21)25-14(18-12)24-4/h9-10H,5-8H2,1-4H3. The van der Waals surface area contributed by atoms with Crippen molar-refractivity contribution in [3.8, 4) is 0 Å². The minimum atomic E-state index is -0.499. The Hall–Kier alpha value is -1.61. The zero-order chi connectivity index (χ0) is 18.2. The summed E-state index contributed by atoms with van der Waals surface area (Å²) < 4.78 is 8.55. The Kier molecular flexibility index (Phi) is 5.06. The molecule has 1 fully saturated rings. The van der Waals surface area contributed by atoms with Gasteiger partial charge in [-0.15, -0.1) is 11.3 Å². The monoisotopic (exact) mass is 382 g/mol. The summed E-state index contributed by atoms with van der Waals surface area (Å²) in [5, 5.41) is 0. The molecule has 9 heteroatoms. The van der Waals surface area contributed by atoms with E-state index in [9.17, 15) is 9.59 Å². The van der Waals surface area contributed by atoms with Crippen LogP contribution >= 0.6 is 23.1 Å². The molecule has 3 heterocycles. The highest BCUT2D eigenvalue weighted by molar-refractivity contribution is 8.00. The number of thiazole rings is 1. The average Bonchev–Trinajstić information content (AvgIpc) is 2.98. The Morgan fingerprint density at radius 2 is 2.04 bits per heavy atom. The van der Waals surface area contributed by atoms with Crippen molar-refractivity contribution in [2.45, 2.75) is 49.6 Å². The Balaban J connectivity index is 1.73. The molecule has 1 saturated heterocycles. The van der Waals surface area contributed by atoms with E-state index < -0.39 is 5.60 Å². The predicted octanol–water partition coefficient (Wildman–Crippen LogP) is 3.15. The first-order valence-corrected chi connectivity index (χ1v) is 10.2. The molecule has 136 valence electrons. The number of fused-ring (bicyclic) bond motifs is 1. The van der Waals surface area contributed by atoms with Gasteiger partial charge in [0.2, 0.25) is 0 Å². The molecule has 0 saturated carbocycles. The maximum atomic E-state index is 12.7. The van der Waals surface area contributed by atoms with Crippen LogP contribution in [0.2, 0.25) is 0 Å². The quantitative estimate of drug-likeness (QED) is 0.743. The molecule has 0 N–H and O–H groups in total. The number of amides is 1. The van der Waals surface area contributed by atoms with Gasteiger partial charge >= 0.3 is 6.09 Å². The van der Waals surface area contributed by atoms with Crippen LogP contribution in [0, 0.1) is 0 Å². The Bertz CT molecular complexity index is 832. The first-order chi connectivity index (χ1) is 11.8. The minimum absolute atomic E-state index is 0.0430. The van der Waals surface area contributed by atoms with Gasteiger partial charge < -0.3 is 9.64 Å². The van der Waals surface area contributed by atoms with Crippen molar-refractivity contribution in [2.75, 3.05) is 19.3 Å². The second-order valence-corrected chi connectivity index (χ2v) is 9.04. The molecule has 1 amide bonds. The summed E-state index contributed by atoms with van der Waals surface area (Å²) >= 11 is 2.90. The van der Waals surface area contributed by atoms with Gasteiger partial charge in [-0.05, 0) is 39.9 Å². The molecular formula is C16H22N4O3S2. The van der Waals surface area contributed by atoms with Crippen LogP contribution in [0.3, 0.4) is 0 Å². The predicted molar refractivity (Wildman–Crippen MR) is 99.5 cm³/mol. The SMILES string of the molecule is CSc1nc2ncn(C3CCN(C(=O)OC(C)(C)C)CC3)c(=O)c2s1. The molecule has 0 bridgehead atoms. The lowest BCUT2D eigenvalue weighted by Crippen LogP contribution is -2.43. The van der Waals surface area contributed by atoms with Gasteiger partial charge in [0.15, 0.2) is 9.99 Å². The van der Waals surface area contributed by atoms with E-state index in [1.54, 1.807) is 15.8 Å². The maximum absolute atomic E-state index is 12.7. The maximum Gasteiger partial charge on any atom is 0.410 e. The van der Waals surface area contributed by atoms with Crippen molar-refractivity contribution < 1.29 is 9.53 Å². The smallest absolute Gasteiger partial charge is 0.410 e. The van der Waals surface area contributed by atoms with Gasteiger partial charge in [0.25, 0.3) is 5.56 Å². The van der Waals surface area contributed by atoms with Crippen LogP contribution in [0.15, 0.2) is 15.5 Å². The molecule has 1 aliphatic rings. The molecule has 0 unspecified atom stereocenters. The fourth-order valence-electron chi connectivity index (χ4n) is 2.81. The lowest BCUT2D eigenvalue weighted by molar-refractivity contribution is 0.0187. The summed E-state index contributed by atoms with van der Waals surface area (Å²) in [6, 6.07) is 0.0444. The largest absolute Gasteiger partial charge is 0.444 e. The fourth-order valence-corrected chi connectivity index (χ4v) is 4.26. The van der Waals surface area contributed by atoms with Gasteiger partial charge in [0, 0.05) is 19.1 Å². The van der Waals surface area contributed by atoms with Crippen LogP contribution in [0.4, 0.5) is 4.79 Å². The van der Waals surface area contributed by atoms with Gasteiger partial charge in [0.05, 0.1) is 0 Å². The van der Waals surface area contributed by atoms with E-state index in [1.807, 2.05) is 27.0 Å². The number of carbonyl (C=O) groups excluding carboxylic acids is 1. The average molecular weight is 383 g/mol. The van der Waals surface area contributed by atoms with Crippen LogP contribution in [-0.4, -0.2) is 50.5 Å². The van der Waals surface area contributed by atoms with E-state index in [1.165, 1.54) is 23.1 Å². The van der Waals surface area contributed by atoms with Crippen molar-refractivity contribution in [3.63, 3.8) is 0 Å². The molecule has 0 aromatic carbocycles. The van der Waals surface area contributed by atoms with Crippen LogP contribution in [0.1, 0.15) is 39.7 Å². The lowest BCUT2D eigenvalue weighted by atomic mass is 10.1. The van der Waals surface area contributed by atoms with Crippen molar-refractivity contribution in [2.24, 2.45) is 0 Å². The van der Waals surface area contributed by atoms with E-state index in [-0.39, 0.29) is 17.7 Å². The third-order valence-electron chi connectivity index (χ3n) is 4.01. The molecule has 3 rings (SSSR count).